The molecule has 0 aliphatic rings. The van der Waals surface area contributed by atoms with Gasteiger partial charge in [-0.15, -0.1) is 68.0 Å². The molecule has 0 aliphatic carbocycles. The third-order valence-electron chi connectivity index (χ3n) is 10.2. The van der Waals surface area contributed by atoms with Gasteiger partial charge in [-0.1, -0.05) is 119 Å². The van der Waals surface area contributed by atoms with Crippen LogP contribution in [0.2, 0.25) is 0 Å². The van der Waals surface area contributed by atoms with Crippen molar-refractivity contribution < 1.29 is 0 Å². The number of hydrogen-bond donors (Lipinski definition) is 0. The lowest BCUT2D eigenvalue weighted by molar-refractivity contribution is 0.745. The molecule has 6 heterocycles. The fourth-order valence-corrected chi connectivity index (χ4v) is 13.3. The minimum absolute atomic E-state index is 0.580. The van der Waals surface area contributed by atoms with E-state index >= 15 is 0 Å². The van der Waals surface area contributed by atoms with Crippen LogP contribution >= 0.6 is 84.0 Å². The van der Waals surface area contributed by atoms with Crippen LogP contribution in [0.15, 0.2) is 190 Å². The molecule has 0 unspecified atom stereocenters. The van der Waals surface area contributed by atoms with E-state index in [-0.39, 0.29) is 0 Å². The standard InChI is InChI=1S/C49H31BrS6/c50-39-21-19-38(20-22-39)49(35-13-7-32(8-14-35)40-23-26-46(54-40)43-4-1-29-51-43,36-15-9-33(10-16-36)41-24-27-47(55-41)44-5-2-30-52-44)37-17-11-34(12-18-37)42-25-28-48(56-42)45-6-3-31-53-45/h1-31H. The molecule has 0 nitrogen and oxygen atoms in total. The van der Waals surface area contributed by atoms with Gasteiger partial charge in [0.15, 0.2) is 0 Å². The quantitative estimate of drug-likeness (QED) is 0.120. The summed E-state index contributed by atoms with van der Waals surface area (Å²) < 4.78 is 1.06. The van der Waals surface area contributed by atoms with E-state index in [1.807, 2.05) is 34.0 Å². The van der Waals surface area contributed by atoms with Crippen molar-refractivity contribution in [3.8, 4) is 60.6 Å². The predicted octanol–water partition coefficient (Wildman–Crippen LogP) is 17.2. The monoisotopic (exact) mass is 890 g/mol. The number of benzene rings is 4. The average molecular weight is 892 g/mol. The fraction of sp³-hybridized carbons (Fsp3) is 0.0204. The molecule has 6 aromatic heterocycles. The Morgan fingerprint density at radius 2 is 0.571 bits per heavy atom. The van der Waals surface area contributed by atoms with Gasteiger partial charge in [-0.25, -0.2) is 0 Å². The summed E-state index contributed by atoms with van der Waals surface area (Å²) in [5, 5.41) is 6.45. The molecule has 0 atom stereocenters. The van der Waals surface area contributed by atoms with Crippen LogP contribution in [-0.4, -0.2) is 0 Å². The first-order chi connectivity index (χ1) is 27.6. The highest BCUT2D eigenvalue weighted by atomic mass is 79.9. The Morgan fingerprint density at radius 3 is 0.857 bits per heavy atom. The number of hydrogen-bond acceptors (Lipinski definition) is 6. The lowest BCUT2D eigenvalue weighted by Gasteiger charge is -2.37. The summed E-state index contributed by atoms with van der Waals surface area (Å²) in [6.45, 7) is 0. The molecule has 56 heavy (non-hydrogen) atoms. The maximum absolute atomic E-state index is 3.74. The molecule has 0 saturated carbocycles. The molecule has 0 saturated heterocycles. The lowest BCUT2D eigenvalue weighted by atomic mass is 9.65. The van der Waals surface area contributed by atoms with E-state index in [0.29, 0.717) is 0 Å². The molecule has 0 amide bonds. The van der Waals surface area contributed by atoms with Gasteiger partial charge in [-0.2, -0.15) is 0 Å². The molecule has 4 aromatic carbocycles. The van der Waals surface area contributed by atoms with Crippen LogP contribution in [0.25, 0.3) is 60.6 Å². The molecule has 10 aromatic rings. The maximum atomic E-state index is 3.74. The van der Waals surface area contributed by atoms with E-state index < -0.39 is 5.41 Å². The molecule has 0 aliphatic heterocycles. The van der Waals surface area contributed by atoms with Crippen molar-refractivity contribution in [2.24, 2.45) is 0 Å². The van der Waals surface area contributed by atoms with Crippen LogP contribution in [0.1, 0.15) is 22.3 Å². The normalized spacial score (nSPS) is 11.7. The summed E-state index contributed by atoms with van der Waals surface area (Å²) in [4.78, 5) is 11.7. The van der Waals surface area contributed by atoms with Crippen molar-refractivity contribution in [2.75, 3.05) is 0 Å². The summed E-state index contributed by atoms with van der Waals surface area (Å²) in [5.74, 6) is 0. The number of halogens is 1. The molecule has 0 spiro atoms. The Hall–Kier alpha value is -4.44. The first-order valence-electron chi connectivity index (χ1n) is 18.1. The Kier molecular flexibility index (Phi) is 9.94. The highest BCUT2D eigenvalue weighted by molar-refractivity contribution is 9.10. The van der Waals surface area contributed by atoms with Crippen LogP contribution in [0.4, 0.5) is 0 Å². The van der Waals surface area contributed by atoms with Gasteiger partial charge in [0, 0.05) is 48.4 Å². The molecular formula is C49H31BrS6. The molecule has 0 bridgehead atoms. The van der Waals surface area contributed by atoms with E-state index in [2.05, 4.69) is 202 Å². The Morgan fingerprint density at radius 1 is 0.286 bits per heavy atom. The Bertz CT molecular complexity index is 2540. The lowest BCUT2D eigenvalue weighted by Crippen LogP contribution is -2.31. The third kappa shape index (κ3) is 6.75. The zero-order valence-electron chi connectivity index (χ0n) is 29.7. The first-order valence-corrected chi connectivity index (χ1v) is 24.0. The van der Waals surface area contributed by atoms with Crippen molar-refractivity contribution in [1.82, 2.24) is 0 Å². The Labute approximate surface area is 359 Å². The summed E-state index contributed by atoms with van der Waals surface area (Å²) in [6.07, 6.45) is 0. The van der Waals surface area contributed by atoms with Crippen molar-refractivity contribution in [2.45, 2.75) is 5.41 Å². The van der Waals surface area contributed by atoms with Crippen molar-refractivity contribution >= 4 is 84.0 Å². The van der Waals surface area contributed by atoms with Gasteiger partial charge in [-0.3, -0.25) is 0 Å². The minimum Gasteiger partial charge on any atom is -0.143 e. The minimum atomic E-state index is -0.580. The van der Waals surface area contributed by atoms with Gasteiger partial charge < -0.3 is 0 Å². The second kappa shape index (κ2) is 15.5. The highest BCUT2D eigenvalue weighted by Gasteiger charge is 2.38. The molecule has 0 N–H and O–H groups in total. The third-order valence-corrected chi connectivity index (χ3v) is 17.3. The molecule has 10 rings (SSSR count). The average Bonchev–Trinajstić information content (AvgIpc) is 4.10. The summed E-state index contributed by atoms with van der Waals surface area (Å²) in [5.41, 5.74) is 8.02. The molecular weight excluding hydrogens is 861 g/mol. The SMILES string of the molecule is Brc1ccc(C(c2ccc(-c3ccc(-c4cccs4)s3)cc2)(c2ccc(-c3ccc(-c4cccs4)s3)cc2)c2ccc(-c3ccc(-c4cccs4)s3)cc2)cc1. The number of thiophene rings is 6. The largest absolute Gasteiger partial charge is 0.143 e. The molecule has 7 heteroatoms. The van der Waals surface area contributed by atoms with Crippen molar-refractivity contribution in [1.29, 1.82) is 0 Å². The van der Waals surface area contributed by atoms with Gasteiger partial charge in [0.25, 0.3) is 0 Å². The first kappa shape index (κ1) is 35.9. The van der Waals surface area contributed by atoms with E-state index in [0.717, 1.165) is 4.47 Å². The van der Waals surface area contributed by atoms with Crippen molar-refractivity contribution in [3.63, 3.8) is 0 Å². The number of rotatable bonds is 10. The second-order valence-corrected chi connectivity index (χ2v) is 20.4. The van der Waals surface area contributed by atoms with Gasteiger partial charge in [0.1, 0.15) is 0 Å². The van der Waals surface area contributed by atoms with E-state index in [1.54, 1.807) is 34.0 Å². The van der Waals surface area contributed by atoms with Gasteiger partial charge in [0.05, 0.1) is 5.41 Å². The molecule has 0 fully saturated rings. The van der Waals surface area contributed by atoms with Crippen LogP contribution in [0, 0.1) is 0 Å². The Balaban J connectivity index is 1.10. The summed E-state index contributed by atoms with van der Waals surface area (Å²) in [6, 6.07) is 63.4. The van der Waals surface area contributed by atoms with Crippen LogP contribution in [0.5, 0.6) is 0 Å². The zero-order valence-corrected chi connectivity index (χ0v) is 36.2. The second-order valence-electron chi connectivity index (χ2n) is 13.4. The topological polar surface area (TPSA) is 0 Å². The molecule has 270 valence electrons. The molecule has 0 radical (unpaired) electrons. The predicted molar refractivity (Wildman–Crippen MR) is 252 cm³/mol. The fourth-order valence-electron chi connectivity index (χ4n) is 7.49. The van der Waals surface area contributed by atoms with E-state index in [4.69, 9.17) is 0 Å². The van der Waals surface area contributed by atoms with Crippen molar-refractivity contribution in [3.05, 3.63) is 213 Å². The smallest absolute Gasteiger partial charge is 0.0701 e. The van der Waals surface area contributed by atoms with Crippen LogP contribution in [0.3, 0.4) is 0 Å². The van der Waals surface area contributed by atoms with Gasteiger partial charge in [-0.05, 0) is 122 Å². The van der Waals surface area contributed by atoms with E-state index in [9.17, 15) is 0 Å². The van der Waals surface area contributed by atoms with Crippen LogP contribution < -0.4 is 0 Å². The zero-order chi connectivity index (χ0) is 37.5. The van der Waals surface area contributed by atoms with E-state index in [1.165, 1.54) is 82.8 Å². The van der Waals surface area contributed by atoms with Gasteiger partial charge in [0.2, 0.25) is 0 Å². The maximum Gasteiger partial charge on any atom is 0.0701 e. The summed E-state index contributed by atoms with van der Waals surface area (Å²) >= 11 is 14.7. The highest BCUT2D eigenvalue weighted by Crippen LogP contribution is 2.48. The van der Waals surface area contributed by atoms with Crippen LogP contribution in [-0.2, 0) is 5.41 Å². The summed E-state index contributed by atoms with van der Waals surface area (Å²) in [7, 11) is 0. The van der Waals surface area contributed by atoms with Gasteiger partial charge >= 0.3 is 0 Å².